The molecule has 88 valence electrons. The highest BCUT2D eigenvalue weighted by Gasteiger charge is 1.89. The van der Waals surface area contributed by atoms with Crippen molar-refractivity contribution < 1.29 is 9.53 Å². The average Bonchev–Trinajstić information content (AvgIpc) is 2.26. The van der Waals surface area contributed by atoms with Crippen LogP contribution in [0.15, 0.2) is 36.4 Å². The van der Waals surface area contributed by atoms with E-state index in [4.69, 9.17) is 0 Å². The lowest BCUT2D eigenvalue weighted by atomic mass is 10.2. The number of hydrogen-bond acceptors (Lipinski definition) is 2. The molecule has 0 saturated carbocycles. The Labute approximate surface area is 97.9 Å². The van der Waals surface area contributed by atoms with E-state index in [9.17, 15) is 4.79 Å². The van der Waals surface area contributed by atoms with Gasteiger partial charge in [0.1, 0.15) is 0 Å². The molecule has 1 aromatic carbocycles. The largest absolute Gasteiger partial charge is 0.466 e. The van der Waals surface area contributed by atoms with Crippen LogP contribution in [0.2, 0.25) is 0 Å². The van der Waals surface area contributed by atoms with E-state index in [2.05, 4.69) is 25.5 Å². The summed E-state index contributed by atoms with van der Waals surface area (Å²) < 4.78 is 4.45. The lowest BCUT2D eigenvalue weighted by molar-refractivity contribution is -0.134. The van der Waals surface area contributed by atoms with Gasteiger partial charge in [-0.1, -0.05) is 51.1 Å². The Morgan fingerprint density at radius 3 is 2.12 bits per heavy atom. The van der Waals surface area contributed by atoms with Gasteiger partial charge < -0.3 is 4.74 Å². The van der Waals surface area contributed by atoms with Crippen molar-refractivity contribution in [3.8, 4) is 0 Å². The summed E-state index contributed by atoms with van der Waals surface area (Å²) in [6, 6.07) is 9.59. The van der Waals surface area contributed by atoms with Crippen LogP contribution in [0, 0.1) is 5.92 Å². The molecule has 0 aliphatic heterocycles. The van der Waals surface area contributed by atoms with Crippen LogP contribution in [0.3, 0.4) is 0 Å². The third kappa shape index (κ3) is 9.00. The number of ether oxygens (including phenoxy) is 1. The standard InChI is InChI=1S/C10H10O2.C4H10/c1-12-10(11)8-7-9-5-3-2-4-6-9;1-4(2)3/h2-8H,1H3;4H,1-3H3/b8-7+;. The van der Waals surface area contributed by atoms with Gasteiger partial charge in [0, 0.05) is 6.08 Å². The SMILES string of the molecule is CC(C)C.COC(=O)/C=C/c1ccccc1. The molecule has 0 fully saturated rings. The molecule has 2 heteroatoms. The molecule has 0 heterocycles. The van der Waals surface area contributed by atoms with Gasteiger partial charge in [-0.2, -0.15) is 0 Å². The van der Waals surface area contributed by atoms with E-state index in [1.54, 1.807) is 6.08 Å². The van der Waals surface area contributed by atoms with E-state index < -0.39 is 0 Å². The second kappa shape index (κ2) is 8.72. The van der Waals surface area contributed by atoms with Crippen LogP contribution in [0.25, 0.3) is 6.08 Å². The van der Waals surface area contributed by atoms with Gasteiger partial charge in [-0.05, 0) is 17.6 Å². The smallest absolute Gasteiger partial charge is 0.330 e. The van der Waals surface area contributed by atoms with Crippen LogP contribution in [-0.2, 0) is 9.53 Å². The maximum atomic E-state index is 10.7. The maximum Gasteiger partial charge on any atom is 0.330 e. The van der Waals surface area contributed by atoms with Gasteiger partial charge >= 0.3 is 5.97 Å². The Hall–Kier alpha value is -1.57. The molecule has 16 heavy (non-hydrogen) atoms. The molecule has 0 aromatic heterocycles. The van der Waals surface area contributed by atoms with Crippen molar-refractivity contribution in [2.45, 2.75) is 20.8 Å². The van der Waals surface area contributed by atoms with Crippen molar-refractivity contribution in [3.63, 3.8) is 0 Å². The first-order chi connectivity index (χ1) is 7.56. The Kier molecular flexibility index (Phi) is 7.86. The van der Waals surface area contributed by atoms with E-state index in [1.165, 1.54) is 13.2 Å². The summed E-state index contributed by atoms with van der Waals surface area (Å²) in [7, 11) is 1.36. The summed E-state index contributed by atoms with van der Waals surface area (Å²) in [5.41, 5.74) is 0.989. The molecule has 1 aromatic rings. The van der Waals surface area contributed by atoms with E-state index in [-0.39, 0.29) is 5.97 Å². The Bertz CT molecular complexity index is 310. The van der Waals surface area contributed by atoms with Crippen LogP contribution in [0.1, 0.15) is 26.3 Å². The number of carbonyl (C=O) groups is 1. The lowest BCUT2D eigenvalue weighted by Gasteiger charge is -1.91. The molecule has 0 bridgehead atoms. The van der Waals surface area contributed by atoms with Crippen molar-refractivity contribution in [1.82, 2.24) is 0 Å². The third-order valence-electron chi connectivity index (χ3n) is 1.41. The summed E-state index contributed by atoms with van der Waals surface area (Å²) in [6.07, 6.45) is 3.11. The molecule has 0 aliphatic rings. The molecular weight excluding hydrogens is 200 g/mol. The molecule has 0 amide bonds. The van der Waals surface area contributed by atoms with E-state index in [1.807, 2.05) is 30.3 Å². The summed E-state index contributed by atoms with van der Waals surface area (Å²) in [6.45, 7) is 6.50. The number of hydrogen-bond donors (Lipinski definition) is 0. The van der Waals surface area contributed by atoms with Crippen molar-refractivity contribution >= 4 is 12.0 Å². The first-order valence-electron chi connectivity index (χ1n) is 5.37. The average molecular weight is 220 g/mol. The minimum atomic E-state index is -0.334. The molecule has 2 nitrogen and oxygen atoms in total. The van der Waals surface area contributed by atoms with Gasteiger partial charge in [-0.3, -0.25) is 0 Å². The minimum Gasteiger partial charge on any atom is -0.466 e. The fourth-order valence-corrected chi connectivity index (χ4v) is 0.796. The number of carbonyl (C=O) groups excluding carboxylic acids is 1. The fourth-order valence-electron chi connectivity index (χ4n) is 0.796. The zero-order valence-electron chi connectivity index (χ0n) is 10.4. The molecule has 0 radical (unpaired) electrons. The number of methoxy groups -OCH3 is 1. The van der Waals surface area contributed by atoms with Gasteiger partial charge in [0.25, 0.3) is 0 Å². The summed E-state index contributed by atoms with van der Waals surface area (Å²) in [5.74, 6) is 0.499. The Morgan fingerprint density at radius 2 is 1.69 bits per heavy atom. The molecule has 0 saturated heterocycles. The van der Waals surface area contributed by atoms with E-state index in [0.29, 0.717) is 0 Å². The highest BCUT2D eigenvalue weighted by Crippen LogP contribution is 2.00. The van der Waals surface area contributed by atoms with Crippen LogP contribution in [0.5, 0.6) is 0 Å². The molecule has 0 aliphatic carbocycles. The topological polar surface area (TPSA) is 26.3 Å². The van der Waals surface area contributed by atoms with Gasteiger partial charge in [0.15, 0.2) is 0 Å². The number of esters is 1. The monoisotopic (exact) mass is 220 g/mol. The van der Waals surface area contributed by atoms with E-state index in [0.717, 1.165) is 11.5 Å². The summed E-state index contributed by atoms with van der Waals surface area (Å²) in [4.78, 5) is 10.7. The Balaban J connectivity index is 0.000000487. The van der Waals surface area contributed by atoms with Crippen LogP contribution >= 0.6 is 0 Å². The number of benzene rings is 1. The third-order valence-corrected chi connectivity index (χ3v) is 1.41. The summed E-state index contributed by atoms with van der Waals surface area (Å²) >= 11 is 0. The van der Waals surface area contributed by atoms with Crippen molar-refractivity contribution in [2.75, 3.05) is 7.11 Å². The molecular formula is C14H20O2. The predicted molar refractivity (Wildman–Crippen MR) is 68.0 cm³/mol. The second-order valence-electron chi connectivity index (χ2n) is 4.00. The fraction of sp³-hybridized carbons (Fsp3) is 0.357. The first kappa shape index (κ1) is 14.4. The minimum absolute atomic E-state index is 0.334. The molecule has 0 N–H and O–H groups in total. The maximum absolute atomic E-state index is 10.7. The van der Waals surface area contributed by atoms with Crippen LogP contribution in [0.4, 0.5) is 0 Å². The molecule has 0 atom stereocenters. The second-order valence-corrected chi connectivity index (χ2v) is 4.00. The van der Waals surface area contributed by atoms with Crippen LogP contribution < -0.4 is 0 Å². The predicted octanol–water partition coefficient (Wildman–Crippen LogP) is 3.54. The molecule has 1 rings (SSSR count). The molecule has 0 unspecified atom stereocenters. The van der Waals surface area contributed by atoms with Crippen molar-refractivity contribution in [2.24, 2.45) is 5.92 Å². The Morgan fingerprint density at radius 1 is 1.19 bits per heavy atom. The zero-order valence-corrected chi connectivity index (χ0v) is 10.4. The number of rotatable bonds is 2. The van der Waals surface area contributed by atoms with Gasteiger partial charge in [0.2, 0.25) is 0 Å². The highest BCUT2D eigenvalue weighted by atomic mass is 16.5. The molecule has 0 spiro atoms. The first-order valence-corrected chi connectivity index (χ1v) is 5.37. The highest BCUT2D eigenvalue weighted by molar-refractivity contribution is 5.86. The van der Waals surface area contributed by atoms with Crippen LogP contribution in [-0.4, -0.2) is 13.1 Å². The lowest BCUT2D eigenvalue weighted by Crippen LogP contribution is -1.92. The van der Waals surface area contributed by atoms with Gasteiger partial charge in [-0.15, -0.1) is 0 Å². The van der Waals surface area contributed by atoms with Gasteiger partial charge in [-0.25, -0.2) is 4.79 Å². The van der Waals surface area contributed by atoms with Crippen molar-refractivity contribution in [1.29, 1.82) is 0 Å². The zero-order chi connectivity index (χ0) is 12.4. The van der Waals surface area contributed by atoms with Crippen molar-refractivity contribution in [3.05, 3.63) is 42.0 Å². The summed E-state index contributed by atoms with van der Waals surface area (Å²) in [5, 5.41) is 0. The van der Waals surface area contributed by atoms with E-state index >= 15 is 0 Å². The normalized spacial score (nSPS) is 9.81. The van der Waals surface area contributed by atoms with Gasteiger partial charge in [0.05, 0.1) is 7.11 Å². The quantitative estimate of drug-likeness (QED) is 0.563.